The molecular formula is C17H17N7O3. The second-order valence-electron chi connectivity index (χ2n) is 6.36. The Bertz CT molecular complexity index is 1220. The molecule has 3 aromatic heterocycles. The highest BCUT2D eigenvalue weighted by molar-refractivity contribution is 5.79. The van der Waals surface area contributed by atoms with E-state index in [1.165, 1.54) is 15.3 Å². The Morgan fingerprint density at radius 1 is 1.22 bits per heavy atom. The summed E-state index contributed by atoms with van der Waals surface area (Å²) in [4.78, 5) is 24.9. The van der Waals surface area contributed by atoms with Crippen LogP contribution in [0.5, 0.6) is 0 Å². The van der Waals surface area contributed by atoms with Gasteiger partial charge in [0.2, 0.25) is 17.7 Å². The molecular weight excluding hydrogens is 350 g/mol. The van der Waals surface area contributed by atoms with Gasteiger partial charge >= 0.3 is 5.69 Å². The number of nitrogen functional groups attached to an aromatic ring is 1. The van der Waals surface area contributed by atoms with E-state index in [-0.39, 0.29) is 17.5 Å². The van der Waals surface area contributed by atoms with E-state index in [9.17, 15) is 9.90 Å². The highest BCUT2D eigenvalue weighted by atomic mass is 16.5. The lowest BCUT2D eigenvalue weighted by Gasteiger charge is -2.20. The van der Waals surface area contributed by atoms with E-state index in [1.807, 2.05) is 0 Å². The molecule has 3 heterocycles. The largest absolute Gasteiger partial charge is 0.377 e. The van der Waals surface area contributed by atoms with E-state index < -0.39 is 5.60 Å². The molecule has 0 fully saturated rings. The van der Waals surface area contributed by atoms with Crippen molar-refractivity contribution in [3.05, 3.63) is 58.2 Å². The Hall–Kier alpha value is -3.53. The van der Waals surface area contributed by atoms with Crippen molar-refractivity contribution in [1.82, 2.24) is 29.2 Å². The third-order valence-electron chi connectivity index (χ3n) is 4.47. The number of imidazole rings is 1. The molecule has 0 unspecified atom stereocenters. The highest BCUT2D eigenvalue weighted by Crippen LogP contribution is 2.29. The van der Waals surface area contributed by atoms with Crippen LogP contribution in [0, 0.1) is 6.92 Å². The van der Waals surface area contributed by atoms with Crippen LogP contribution in [-0.2, 0) is 12.6 Å². The van der Waals surface area contributed by atoms with Crippen LogP contribution in [0.3, 0.4) is 0 Å². The minimum atomic E-state index is -1.51. The first-order valence-corrected chi connectivity index (χ1v) is 8.13. The molecule has 0 aliphatic heterocycles. The van der Waals surface area contributed by atoms with Crippen LogP contribution < -0.4 is 11.4 Å². The molecule has 0 saturated carbocycles. The van der Waals surface area contributed by atoms with Gasteiger partial charge in [-0.15, -0.1) is 0 Å². The van der Waals surface area contributed by atoms with Gasteiger partial charge in [0.05, 0.1) is 11.0 Å². The van der Waals surface area contributed by atoms with Crippen molar-refractivity contribution in [2.24, 2.45) is 7.05 Å². The molecule has 27 heavy (non-hydrogen) atoms. The van der Waals surface area contributed by atoms with Crippen LogP contribution >= 0.6 is 0 Å². The molecule has 138 valence electrons. The fraction of sp³-hybridized carbons (Fsp3) is 0.235. The van der Waals surface area contributed by atoms with E-state index in [2.05, 4.69) is 20.1 Å². The highest BCUT2D eigenvalue weighted by Gasteiger charge is 2.32. The van der Waals surface area contributed by atoms with Crippen molar-refractivity contribution in [2.75, 3.05) is 5.73 Å². The summed E-state index contributed by atoms with van der Waals surface area (Å²) >= 11 is 0. The number of aromatic nitrogens is 6. The Balaban J connectivity index is 1.97. The fourth-order valence-electron chi connectivity index (χ4n) is 2.98. The van der Waals surface area contributed by atoms with Gasteiger partial charge in [0.15, 0.2) is 0 Å². The van der Waals surface area contributed by atoms with E-state index in [0.717, 1.165) is 0 Å². The lowest BCUT2D eigenvalue weighted by Crippen LogP contribution is -2.24. The Morgan fingerprint density at radius 2 is 2.00 bits per heavy atom. The summed E-state index contributed by atoms with van der Waals surface area (Å²) in [6.07, 6.45) is 1.48. The van der Waals surface area contributed by atoms with Crippen molar-refractivity contribution in [2.45, 2.75) is 19.4 Å². The van der Waals surface area contributed by atoms with Gasteiger partial charge in [-0.1, -0.05) is 11.2 Å². The van der Waals surface area contributed by atoms with E-state index >= 15 is 0 Å². The summed E-state index contributed by atoms with van der Waals surface area (Å²) in [5, 5.41) is 14.8. The van der Waals surface area contributed by atoms with E-state index in [1.54, 1.807) is 45.2 Å². The molecule has 0 amide bonds. The number of hydrogen-bond donors (Lipinski definition) is 2. The molecule has 0 bridgehead atoms. The number of benzene rings is 1. The maximum Gasteiger partial charge on any atom is 0.334 e. The Kier molecular flexibility index (Phi) is 3.60. The standard InChI is InChI=1S/C17H17N7O3/c1-9-20-14(22-27-9)17(2,26)10-4-5-11-12(8-10)24(16(25)23(11)3)13-6-7-19-15(18)21-13/h4-8,26H,1-3H3,(H2,18,19,21)/t17-/m1/s1. The fourth-order valence-corrected chi connectivity index (χ4v) is 2.98. The van der Waals surface area contributed by atoms with Gasteiger partial charge < -0.3 is 15.4 Å². The summed E-state index contributed by atoms with van der Waals surface area (Å²) < 4.78 is 7.88. The number of nitrogens with two attached hydrogens (primary N) is 1. The van der Waals surface area contributed by atoms with Crippen LogP contribution in [0.15, 0.2) is 39.8 Å². The van der Waals surface area contributed by atoms with Gasteiger partial charge in [0.1, 0.15) is 11.4 Å². The zero-order valence-corrected chi connectivity index (χ0v) is 14.9. The zero-order valence-electron chi connectivity index (χ0n) is 14.9. The average molecular weight is 367 g/mol. The summed E-state index contributed by atoms with van der Waals surface area (Å²) in [6.45, 7) is 3.21. The number of aryl methyl sites for hydroxylation is 2. The normalized spacial score (nSPS) is 13.8. The number of aliphatic hydroxyl groups is 1. The number of anilines is 1. The molecule has 0 aliphatic carbocycles. The number of nitrogens with zero attached hydrogens (tertiary/aromatic N) is 6. The second-order valence-corrected chi connectivity index (χ2v) is 6.36. The molecule has 1 atom stereocenters. The van der Waals surface area contributed by atoms with Crippen molar-refractivity contribution in [3.8, 4) is 5.82 Å². The molecule has 0 radical (unpaired) electrons. The van der Waals surface area contributed by atoms with Crippen LogP contribution in [0.1, 0.15) is 24.2 Å². The minimum Gasteiger partial charge on any atom is -0.377 e. The van der Waals surface area contributed by atoms with Crippen molar-refractivity contribution in [1.29, 1.82) is 0 Å². The quantitative estimate of drug-likeness (QED) is 0.538. The monoisotopic (exact) mass is 367 g/mol. The number of fused-ring (bicyclic) bond motifs is 1. The topological polar surface area (TPSA) is 138 Å². The molecule has 0 spiro atoms. The molecule has 10 heteroatoms. The van der Waals surface area contributed by atoms with Crippen molar-refractivity contribution >= 4 is 17.0 Å². The van der Waals surface area contributed by atoms with Crippen LogP contribution in [0.4, 0.5) is 5.95 Å². The van der Waals surface area contributed by atoms with Crippen LogP contribution in [0.2, 0.25) is 0 Å². The van der Waals surface area contributed by atoms with Gasteiger partial charge in [-0.25, -0.2) is 14.3 Å². The molecule has 4 rings (SSSR count). The van der Waals surface area contributed by atoms with Gasteiger partial charge in [0.25, 0.3) is 0 Å². The first-order valence-electron chi connectivity index (χ1n) is 8.13. The lowest BCUT2D eigenvalue weighted by atomic mass is 9.95. The number of hydrogen-bond acceptors (Lipinski definition) is 8. The molecule has 3 N–H and O–H groups in total. The lowest BCUT2D eigenvalue weighted by molar-refractivity contribution is 0.0893. The zero-order chi connectivity index (χ0) is 19.3. The third kappa shape index (κ3) is 2.57. The molecule has 0 aliphatic rings. The summed E-state index contributed by atoms with van der Waals surface area (Å²) in [6, 6.07) is 6.74. The average Bonchev–Trinajstić information content (AvgIpc) is 3.17. The molecule has 10 nitrogen and oxygen atoms in total. The Morgan fingerprint density at radius 3 is 2.67 bits per heavy atom. The van der Waals surface area contributed by atoms with Gasteiger partial charge in [-0.05, 0) is 24.6 Å². The summed E-state index contributed by atoms with van der Waals surface area (Å²) in [5.41, 5.74) is 5.58. The van der Waals surface area contributed by atoms with Crippen molar-refractivity contribution in [3.63, 3.8) is 0 Å². The van der Waals surface area contributed by atoms with Crippen LogP contribution in [0.25, 0.3) is 16.9 Å². The third-order valence-corrected chi connectivity index (χ3v) is 4.47. The predicted octanol–water partition coefficient (Wildman–Crippen LogP) is 0.649. The molecule has 1 aromatic carbocycles. The molecule has 0 saturated heterocycles. The smallest absolute Gasteiger partial charge is 0.334 e. The van der Waals surface area contributed by atoms with Gasteiger partial charge in [-0.3, -0.25) is 4.57 Å². The van der Waals surface area contributed by atoms with E-state index in [4.69, 9.17) is 10.3 Å². The second kappa shape index (κ2) is 5.74. The maximum atomic E-state index is 12.8. The predicted molar refractivity (Wildman–Crippen MR) is 96.2 cm³/mol. The summed E-state index contributed by atoms with van der Waals surface area (Å²) in [5.74, 6) is 0.877. The minimum absolute atomic E-state index is 0.0572. The number of rotatable bonds is 3. The van der Waals surface area contributed by atoms with E-state index in [0.29, 0.717) is 28.3 Å². The Labute approximate surface area is 152 Å². The maximum absolute atomic E-state index is 12.8. The first kappa shape index (κ1) is 16.9. The van der Waals surface area contributed by atoms with Crippen LogP contribution in [-0.4, -0.2) is 34.3 Å². The van der Waals surface area contributed by atoms with Crippen molar-refractivity contribution < 1.29 is 9.63 Å². The molecule has 4 aromatic rings. The summed E-state index contributed by atoms with van der Waals surface area (Å²) in [7, 11) is 1.66. The SMILES string of the molecule is Cc1nc([C@](C)(O)c2ccc3c(c2)n(-c2ccnc(N)n2)c(=O)n3C)no1. The van der Waals surface area contributed by atoms with Gasteiger partial charge in [0, 0.05) is 26.2 Å². The first-order chi connectivity index (χ1) is 12.8. The van der Waals surface area contributed by atoms with Gasteiger partial charge in [-0.2, -0.15) is 9.97 Å².